The number of ether oxygens (including phenoxy) is 1. The largest absolute Gasteiger partial charge is 0.497 e. The highest BCUT2D eigenvalue weighted by molar-refractivity contribution is 6.33. The molecule has 3 aromatic rings. The van der Waals surface area contributed by atoms with Gasteiger partial charge in [-0.05, 0) is 24.5 Å². The number of fused-ring (bicyclic) bond motifs is 1. The minimum Gasteiger partial charge on any atom is -0.497 e. The number of aromatic nitrogens is 4. The van der Waals surface area contributed by atoms with Crippen molar-refractivity contribution in [2.75, 3.05) is 25.1 Å². The quantitative estimate of drug-likeness (QED) is 0.669. The Labute approximate surface area is 149 Å². The molecule has 3 heterocycles. The predicted octanol–water partition coefficient (Wildman–Crippen LogP) is 3.44. The molecule has 0 bridgehead atoms. The lowest BCUT2D eigenvalue weighted by Gasteiger charge is -2.23. The molecule has 4 rings (SSSR count). The van der Waals surface area contributed by atoms with Gasteiger partial charge in [-0.25, -0.2) is 4.39 Å². The second-order valence-electron chi connectivity index (χ2n) is 6.26. The van der Waals surface area contributed by atoms with Crippen LogP contribution in [0.1, 0.15) is 13.3 Å². The molecule has 0 saturated carbocycles. The van der Waals surface area contributed by atoms with Crippen molar-refractivity contribution in [3.63, 3.8) is 0 Å². The number of nitrogens with zero attached hydrogens (tertiary/aromatic N) is 5. The fraction of sp³-hybridized carbons (Fsp3) is 0.353. The van der Waals surface area contributed by atoms with Crippen molar-refractivity contribution in [2.45, 2.75) is 13.3 Å². The Morgan fingerprint density at radius 1 is 1.36 bits per heavy atom. The van der Waals surface area contributed by atoms with E-state index in [4.69, 9.17) is 16.3 Å². The van der Waals surface area contributed by atoms with Gasteiger partial charge in [0.05, 0.1) is 12.7 Å². The molecule has 0 spiro atoms. The summed E-state index contributed by atoms with van der Waals surface area (Å²) in [4.78, 5) is 10.6. The van der Waals surface area contributed by atoms with Crippen molar-refractivity contribution in [1.29, 1.82) is 0 Å². The summed E-state index contributed by atoms with van der Waals surface area (Å²) in [6.45, 7) is 3.89. The zero-order valence-corrected chi connectivity index (χ0v) is 14.7. The van der Waals surface area contributed by atoms with Crippen LogP contribution in [0.4, 0.5) is 10.2 Å². The molecule has 1 aliphatic rings. The molecule has 6 nitrogen and oxygen atoms in total. The van der Waals surface area contributed by atoms with Crippen LogP contribution in [0.25, 0.3) is 16.9 Å². The first-order valence-electron chi connectivity index (χ1n) is 8.06. The Morgan fingerprint density at radius 2 is 2.20 bits per heavy atom. The fourth-order valence-electron chi connectivity index (χ4n) is 3.28. The van der Waals surface area contributed by atoms with Crippen LogP contribution in [0, 0.1) is 11.7 Å². The SMILES string of the molecule is COc1ccc(-c2c(Cl)nc3ncnn3c2N2CCC(C)C2)c(F)c1. The van der Waals surface area contributed by atoms with Crippen LogP contribution >= 0.6 is 11.6 Å². The topological polar surface area (TPSA) is 55.6 Å². The molecular weight excluding hydrogens is 345 g/mol. The number of rotatable bonds is 3. The van der Waals surface area contributed by atoms with Crippen molar-refractivity contribution in [3.8, 4) is 16.9 Å². The maximum absolute atomic E-state index is 14.7. The number of hydrogen-bond acceptors (Lipinski definition) is 5. The maximum Gasteiger partial charge on any atom is 0.255 e. The first-order chi connectivity index (χ1) is 12.1. The molecule has 2 aromatic heterocycles. The zero-order chi connectivity index (χ0) is 17.6. The average Bonchev–Trinajstić information content (AvgIpc) is 3.22. The van der Waals surface area contributed by atoms with Crippen LogP contribution in [0.5, 0.6) is 5.75 Å². The highest BCUT2D eigenvalue weighted by Crippen LogP contribution is 2.40. The summed E-state index contributed by atoms with van der Waals surface area (Å²) >= 11 is 6.44. The van der Waals surface area contributed by atoms with Gasteiger partial charge in [-0.2, -0.15) is 19.6 Å². The van der Waals surface area contributed by atoms with Crippen LogP contribution in [0.3, 0.4) is 0 Å². The molecule has 0 radical (unpaired) electrons. The molecule has 8 heteroatoms. The molecule has 130 valence electrons. The van der Waals surface area contributed by atoms with Gasteiger partial charge >= 0.3 is 0 Å². The minimum absolute atomic E-state index is 0.208. The van der Waals surface area contributed by atoms with E-state index in [1.807, 2.05) is 0 Å². The Balaban J connectivity index is 1.98. The highest BCUT2D eigenvalue weighted by Gasteiger charge is 2.28. The number of benzene rings is 1. The number of anilines is 1. The number of hydrogen-bond donors (Lipinski definition) is 0. The van der Waals surface area contributed by atoms with Gasteiger partial charge in [0.15, 0.2) is 0 Å². The molecule has 1 unspecified atom stereocenters. The molecule has 1 fully saturated rings. The second-order valence-corrected chi connectivity index (χ2v) is 6.62. The van der Waals surface area contributed by atoms with E-state index in [1.54, 1.807) is 16.6 Å². The molecule has 0 amide bonds. The summed E-state index contributed by atoms with van der Waals surface area (Å²) in [7, 11) is 1.50. The third kappa shape index (κ3) is 2.68. The Kier molecular flexibility index (Phi) is 3.95. The normalized spacial score (nSPS) is 17.4. The second kappa shape index (κ2) is 6.15. The minimum atomic E-state index is -0.420. The first kappa shape index (κ1) is 16.1. The summed E-state index contributed by atoms with van der Waals surface area (Å²) in [6, 6.07) is 4.70. The average molecular weight is 362 g/mol. The van der Waals surface area contributed by atoms with Gasteiger partial charge in [0, 0.05) is 24.7 Å². The predicted molar refractivity (Wildman–Crippen MR) is 93.7 cm³/mol. The van der Waals surface area contributed by atoms with Crippen LogP contribution in [0.2, 0.25) is 5.15 Å². The van der Waals surface area contributed by atoms with Gasteiger partial charge in [-0.3, -0.25) is 0 Å². The Hall–Kier alpha value is -2.41. The van der Waals surface area contributed by atoms with E-state index in [9.17, 15) is 4.39 Å². The number of halogens is 2. The molecule has 0 N–H and O–H groups in total. The smallest absolute Gasteiger partial charge is 0.255 e. The maximum atomic E-state index is 14.7. The summed E-state index contributed by atoms with van der Waals surface area (Å²) in [5.41, 5.74) is 0.888. The molecule has 1 atom stereocenters. The molecule has 1 aromatic carbocycles. The van der Waals surface area contributed by atoms with Crippen molar-refractivity contribution >= 4 is 23.2 Å². The van der Waals surface area contributed by atoms with E-state index in [1.165, 1.54) is 19.5 Å². The van der Waals surface area contributed by atoms with Crippen molar-refractivity contribution in [3.05, 3.63) is 35.5 Å². The van der Waals surface area contributed by atoms with E-state index in [2.05, 4.69) is 26.9 Å². The third-order valence-corrected chi connectivity index (χ3v) is 4.80. The Morgan fingerprint density at radius 3 is 2.88 bits per heavy atom. The molecular formula is C17H17ClFN5O. The lowest BCUT2D eigenvalue weighted by Crippen LogP contribution is -2.23. The van der Waals surface area contributed by atoms with Crippen molar-refractivity contribution in [1.82, 2.24) is 19.6 Å². The number of methoxy groups -OCH3 is 1. The van der Waals surface area contributed by atoms with E-state index in [0.717, 1.165) is 25.3 Å². The van der Waals surface area contributed by atoms with Gasteiger partial charge < -0.3 is 9.64 Å². The molecule has 0 aliphatic carbocycles. The van der Waals surface area contributed by atoms with E-state index in [0.29, 0.717) is 28.6 Å². The van der Waals surface area contributed by atoms with Gasteiger partial charge in [0.2, 0.25) is 0 Å². The van der Waals surface area contributed by atoms with Gasteiger partial charge in [-0.1, -0.05) is 18.5 Å². The lowest BCUT2D eigenvalue weighted by atomic mass is 10.1. The van der Waals surface area contributed by atoms with E-state index >= 15 is 0 Å². The van der Waals surface area contributed by atoms with Gasteiger partial charge in [-0.15, -0.1) is 0 Å². The van der Waals surface area contributed by atoms with Crippen molar-refractivity contribution in [2.24, 2.45) is 5.92 Å². The molecule has 1 saturated heterocycles. The third-order valence-electron chi connectivity index (χ3n) is 4.53. The standard InChI is InChI=1S/C17H17ClFN5O/c1-10-5-6-23(8-10)16-14(12-4-3-11(25-2)7-13(12)19)15(18)22-17-20-9-21-24(16)17/h3-4,7,9-10H,5-6,8H2,1-2H3. The molecule has 25 heavy (non-hydrogen) atoms. The van der Waals surface area contributed by atoms with Gasteiger partial charge in [0.1, 0.15) is 28.9 Å². The fourth-order valence-corrected chi connectivity index (χ4v) is 3.54. The van der Waals surface area contributed by atoms with E-state index in [-0.39, 0.29) is 5.15 Å². The Bertz CT molecular complexity index is 944. The zero-order valence-electron chi connectivity index (χ0n) is 13.9. The van der Waals surface area contributed by atoms with E-state index < -0.39 is 5.82 Å². The summed E-state index contributed by atoms with van der Waals surface area (Å²) < 4.78 is 21.5. The summed E-state index contributed by atoms with van der Waals surface area (Å²) in [6.07, 6.45) is 2.48. The van der Waals surface area contributed by atoms with Crippen LogP contribution < -0.4 is 9.64 Å². The molecule has 1 aliphatic heterocycles. The van der Waals surface area contributed by atoms with Crippen LogP contribution in [-0.2, 0) is 0 Å². The first-order valence-corrected chi connectivity index (χ1v) is 8.44. The van der Waals surface area contributed by atoms with Crippen molar-refractivity contribution < 1.29 is 9.13 Å². The highest BCUT2D eigenvalue weighted by atomic mass is 35.5. The monoisotopic (exact) mass is 361 g/mol. The summed E-state index contributed by atoms with van der Waals surface area (Å²) in [5, 5.41) is 4.48. The summed E-state index contributed by atoms with van der Waals surface area (Å²) in [5.74, 6) is 1.69. The lowest BCUT2D eigenvalue weighted by molar-refractivity contribution is 0.411. The van der Waals surface area contributed by atoms with Gasteiger partial charge in [0.25, 0.3) is 5.78 Å². The van der Waals surface area contributed by atoms with Crippen LogP contribution in [0.15, 0.2) is 24.5 Å². The van der Waals surface area contributed by atoms with Crippen LogP contribution in [-0.4, -0.2) is 39.8 Å².